The highest BCUT2D eigenvalue weighted by Crippen LogP contribution is 2.58. The van der Waals surface area contributed by atoms with Crippen molar-refractivity contribution in [3.63, 3.8) is 0 Å². The Balaban J connectivity index is 0.00000131. The fourth-order valence-electron chi connectivity index (χ4n) is 4.29. The molecule has 160 valence electrons. The first-order valence-corrected chi connectivity index (χ1v) is 9.53. The second-order valence-electron chi connectivity index (χ2n) is 7.90. The molecular weight excluding hydrogens is 421 g/mol. The molecule has 0 aromatic carbocycles. The number of aromatic nitrogens is 1. The van der Waals surface area contributed by atoms with Crippen molar-refractivity contribution in [2.45, 2.75) is 25.8 Å². The second kappa shape index (κ2) is 10.8. The van der Waals surface area contributed by atoms with Crippen LogP contribution < -0.4 is 15.5 Å². The van der Waals surface area contributed by atoms with Crippen molar-refractivity contribution < 1.29 is 4.79 Å². The average Bonchev–Trinajstić information content (AvgIpc) is 3.34. The summed E-state index contributed by atoms with van der Waals surface area (Å²) < 4.78 is 0. The Morgan fingerprint density at radius 2 is 1.89 bits per heavy atom. The van der Waals surface area contributed by atoms with Crippen molar-refractivity contribution in [3.8, 4) is 0 Å². The topological polar surface area (TPSA) is 60.5 Å². The second-order valence-corrected chi connectivity index (χ2v) is 7.90. The molecule has 6 nitrogen and oxygen atoms in total. The highest BCUT2D eigenvalue weighted by molar-refractivity contribution is 5.86. The third-order valence-electron chi connectivity index (χ3n) is 6.21. The summed E-state index contributed by atoms with van der Waals surface area (Å²) in [5.74, 6) is 1.49. The largest absolute Gasteiger partial charge is 0.354 e. The maximum absolute atomic E-state index is 12.5. The van der Waals surface area contributed by atoms with Crippen LogP contribution in [0.4, 0.5) is 5.82 Å². The van der Waals surface area contributed by atoms with E-state index < -0.39 is 0 Å². The molecule has 0 radical (unpaired) electrons. The van der Waals surface area contributed by atoms with Gasteiger partial charge in [0.2, 0.25) is 5.91 Å². The van der Waals surface area contributed by atoms with Gasteiger partial charge < -0.3 is 20.4 Å². The molecule has 0 bridgehead atoms. The summed E-state index contributed by atoms with van der Waals surface area (Å²) in [4.78, 5) is 21.7. The van der Waals surface area contributed by atoms with E-state index >= 15 is 0 Å². The molecule has 3 heterocycles. The number of hydrogen-bond donors (Lipinski definition) is 2. The van der Waals surface area contributed by atoms with Gasteiger partial charge in [-0.3, -0.25) is 4.79 Å². The van der Waals surface area contributed by atoms with Gasteiger partial charge >= 0.3 is 0 Å². The Kier molecular flexibility index (Phi) is 9.77. The summed E-state index contributed by atoms with van der Waals surface area (Å²) in [6, 6.07) is 4.13. The summed E-state index contributed by atoms with van der Waals surface area (Å²) in [5.41, 5.74) is 1.44. The number of likely N-dealkylation sites (N-methyl/N-ethyl adjacent to an activating group) is 1. The van der Waals surface area contributed by atoms with Gasteiger partial charge in [0.15, 0.2) is 0 Å². The van der Waals surface area contributed by atoms with Crippen LogP contribution in [0.3, 0.4) is 0 Å². The van der Waals surface area contributed by atoms with Crippen molar-refractivity contribution in [2.24, 2.45) is 11.3 Å². The molecule has 1 amide bonds. The Morgan fingerprint density at radius 1 is 1.21 bits per heavy atom. The van der Waals surface area contributed by atoms with Gasteiger partial charge in [0.25, 0.3) is 0 Å². The van der Waals surface area contributed by atoms with Gasteiger partial charge in [-0.05, 0) is 62.5 Å². The van der Waals surface area contributed by atoms with Crippen LogP contribution in [0.2, 0.25) is 0 Å². The van der Waals surface area contributed by atoms with Crippen LogP contribution in [0, 0.1) is 11.3 Å². The minimum absolute atomic E-state index is 0. The third kappa shape index (κ3) is 5.63. The van der Waals surface area contributed by atoms with Crippen LogP contribution in [-0.2, 0) is 11.3 Å². The standard InChI is InChI=1S/C19H29N5O.3ClH/c1-23-8-10-24(11-9-23)17-12-15(2-5-21-17)14-22-18(25)16-13-19(16)3-6-20-7-4-19;;;/h2,5,12,16,20H,3-4,6-11,13-14H2,1H3,(H,22,25);3*1H. The molecule has 1 unspecified atom stereocenters. The molecule has 1 saturated carbocycles. The van der Waals surface area contributed by atoms with Gasteiger partial charge in [-0.15, -0.1) is 37.2 Å². The van der Waals surface area contributed by atoms with E-state index in [1.807, 2.05) is 12.3 Å². The molecule has 1 aromatic rings. The number of anilines is 1. The Bertz CT molecular complexity index is 634. The zero-order valence-corrected chi connectivity index (χ0v) is 18.8. The van der Waals surface area contributed by atoms with E-state index in [1.165, 1.54) is 0 Å². The van der Waals surface area contributed by atoms with Crippen LogP contribution in [0.5, 0.6) is 0 Å². The number of carbonyl (C=O) groups is 1. The molecule has 1 aromatic heterocycles. The van der Waals surface area contributed by atoms with Gasteiger partial charge in [0.05, 0.1) is 0 Å². The molecular formula is C19H32Cl3N5O. The zero-order valence-electron chi connectivity index (χ0n) is 16.4. The summed E-state index contributed by atoms with van der Waals surface area (Å²) in [6.07, 6.45) is 5.23. The number of carbonyl (C=O) groups excluding carboxylic acids is 1. The van der Waals surface area contributed by atoms with Crippen LogP contribution in [0.1, 0.15) is 24.8 Å². The Hall–Kier alpha value is -0.790. The van der Waals surface area contributed by atoms with Crippen molar-refractivity contribution in [2.75, 3.05) is 51.2 Å². The lowest BCUT2D eigenvalue weighted by atomic mass is 9.92. The maximum atomic E-state index is 12.5. The number of piperidine rings is 1. The predicted molar refractivity (Wildman–Crippen MR) is 120 cm³/mol. The van der Waals surface area contributed by atoms with E-state index in [-0.39, 0.29) is 49.0 Å². The number of amides is 1. The van der Waals surface area contributed by atoms with Crippen LogP contribution in [0.15, 0.2) is 18.3 Å². The number of halogens is 3. The van der Waals surface area contributed by atoms with E-state index in [9.17, 15) is 4.79 Å². The van der Waals surface area contributed by atoms with Crippen LogP contribution >= 0.6 is 37.2 Å². The molecule has 2 saturated heterocycles. The fraction of sp³-hybridized carbons (Fsp3) is 0.684. The van der Waals surface area contributed by atoms with Crippen molar-refractivity contribution in [1.82, 2.24) is 20.5 Å². The summed E-state index contributed by atoms with van der Waals surface area (Å²) in [5, 5.41) is 6.55. The molecule has 4 rings (SSSR count). The lowest BCUT2D eigenvalue weighted by molar-refractivity contribution is -0.123. The molecule has 1 aliphatic carbocycles. The monoisotopic (exact) mass is 451 g/mol. The Morgan fingerprint density at radius 3 is 2.57 bits per heavy atom. The predicted octanol–water partition coefficient (Wildman–Crippen LogP) is 2.10. The van der Waals surface area contributed by atoms with E-state index in [0.29, 0.717) is 12.0 Å². The van der Waals surface area contributed by atoms with Crippen LogP contribution in [-0.4, -0.2) is 62.1 Å². The normalized spacial score (nSPS) is 23.0. The van der Waals surface area contributed by atoms with Crippen LogP contribution in [0.25, 0.3) is 0 Å². The highest BCUT2D eigenvalue weighted by atomic mass is 35.5. The van der Waals surface area contributed by atoms with E-state index in [2.05, 4.69) is 38.5 Å². The zero-order chi connectivity index (χ0) is 17.3. The lowest BCUT2D eigenvalue weighted by Crippen LogP contribution is -2.44. The minimum Gasteiger partial charge on any atom is -0.354 e. The molecule has 3 aliphatic rings. The lowest BCUT2D eigenvalue weighted by Gasteiger charge is -2.33. The maximum Gasteiger partial charge on any atom is 0.223 e. The molecule has 3 fully saturated rings. The average molecular weight is 453 g/mol. The Labute approximate surface area is 186 Å². The van der Waals surface area contributed by atoms with Gasteiger partial charge in [-0.25, -0.2) is 4.98 Å². The van der Waals surface area contributed by atoms with E-state index in [4.69, 9.17) is 0 Å². The summed E-state index contributed by atoms with van der Waals surface area (Å²) in [7, 11) is 2.16. The molecule has 9 heteroatoms. The van der Waals surface area contributed by atoms with Crippen molar-refractivity contribution in [3.05, 3.63) is 23.9 Å². The molecule has 2 N–H and O–H groups in total. The minimum atomic E-state index is 0. The molecule has 1 atom stereocenters. The van der Waals surface area contributed by atoms with Gasteiger partial charge in [0.1, 0.15) is 5.82 Å². The molecule has 1 spiro atoms. The number of pyridine rings is 1. The molecule has 28 heavy (non-hydrogen) atoms. The number of rotatable bonds is 4. The first-order valence-electron chi connectivity index (χ1n) is 9.53. The highest BCUT2D eigenvalue weighted by Gasteiger charge is 2.57. The number of piperazine rings is 1. The number of nitrogens with zero attached hydrogens (tertiary/aromatic N) is 3. The van der Waals surface area contributed by atoms with E-state index in [0.717, 1.165) is 69.9 Å². The smallest absolute Gasteiger partial charge is 0.223 e. The van der Waals surface area contributed by atoms with Gasteiger partial charge in [-0.2, -0.15) is 0 Å². The SMILES string of the molecule is CN1CCN(c2cc(CNC(=O)C3CC34CCNCC4)ccn2)CC1.Cl.Cl.Cl. The summed E-state index contributed by atoms with van der Waals surface area (Å²) >= 11 is 0. The quantitative estimate of drug-likeness (QED) is 0.733. The first kappa shape index (κ1) is 25.2. The third-order valence-corrected chi connectivity index (χ3v) is 6.21. The molecule has 2 aliphatic heterocycles. The number of hydrogen-bond acceptors (Lipinski definition) is 5. The first-order chi connectivity index (χ1) is 12.2. The summed E-state index contributed by atoms with van der Waals surface area (Å²) in [6.45, 7) is 6.89. The fourth-order valence-corrected chi connectivity index (χ4v) is 4.29. The van der Waals surface area contributed by atoms with Gasteiger partial charge in [0, 0.05) is 44.8 Å². The van der Waals surface area contributed by atoms with Gasteiger partial charge in [-0.1, -0.05) is 0 Å². The van der Waals surface area contributed by atoms with Crippen molar-refractivity contribution in [1.29, 1.82) is 0 Å². The number of nitrogens with one attached hydrogen (secondary N) is 2. The van der Waals surface area contributed by atoms with Crippen molar-refractivity contribution >= 4 is 48.9 Å². The van der Waals surface area contributed by atoms with E-state index in [1.54, 1.807) is 0 Å².